The number of rotatable bonds is 2. The third-order valence-electron chi connectivity index (χ3n) is 3.49. The summed E-state index contributed by atoms with van der Waals surface area (Å²) in [6.45, 7) is 4.27. The number of benzene rings is 2. The van der Waals surface area contributed by atoms with Crippen LogP contribution in [0.2, 0.25) is 0 Å². The highest BCUT2D eigenvalue weighted by atomic mass is 16.6. The lowest BCUT2D eigenvalue weighted by atomic mass is 9.99. The first-order chi connectivity index (χ1) is 10.6. The molecule has 2 aromatic rings. The highest BCUT2D eigenvalue weighted by Gasteiger charge is 2.22. The van der Waals surface area contributed by atoms with Gasteiger partial charge in [-0.1, -0.05) is 42.5 Å². The standard InChI is InChI=1S/C17H19N3O2/c1-11(2)22-17(21)20-16-18-10-15(19-16)14-9-5-7-12-6-3-4-8-13(12)14/h3-9,11,15H,10H2,1-2H3,(H2,18,19,20,21). The fraction of sp³-hybridized carbons (Fsp3) is 0.294. The lowest BCUT2D eigenvalue weighted by Gasteiger charge is -2.09. The van der Waals surface area contributed by atoms with Crippen LogP contribution in [0, 0.1) is 0 Å². The number of guanidine groups is 1. The molecule has 1 aliphatic rings. The van der Waals surface area contributed by atoms with Crippen LogP contribution in [0.5, 0.6) is 0 Å². The smallest absolute Gasteiger partial charge is 0.414 e. The summed E-state index contributed by atoms with van der Waals surface area (Å²) < 4.78 is 5.05. The van der Waals surface area contributed by atoms with Gasteiger partial charge in [0.15, 0.2) is 0 Å². The molecule has 5 nitrogen and oxygen atoms in total. The maximum atomic E-state index is 11.6. The highest BCUT2D eigenvalue weighted by Crippen LogP contribution is 2.27. The van der Waals surface area contributed by atoms with Crippen molar-refractivity contribution in [1.82, 2.24) is 10.6 Å². The van der Waals surface area contributed by atoms with Crippen molar-refractivity contribution in [3.8, 4) is 0 Å². The highest BCUT2D eigenvalue weighted by molar-refractivity contribution is 5.95. The lowest BCUT2D eigenvalue weighted by Crippen LogP contribution is -2.39. The fourth-order valence-corrected chi connectivity index (χ4v) is 2.58. The van der Waals surface area contributed by atoms with Gasteiger partial charge in [-0.25, -0.2) is 9.79 Å². The van der Waals surface area contributed by atoms with Crippen LogP contribution in [0.25, 0.3) is 10.8 Å². The minimum atomic E-state index is -0.486. The molecule has 1 aliphatic heterocycles. The summed E-state index contributed by atoms with van der Waals surface area (Å²) in [5, 5.41) is 8.13. The Balaban J connectivity index is 1.80. The van der Waals surface area contributed by atoms with Crippen LogP contribution in [-0.4, -0.2) is 24.7 Å². The van der Waals surface area contributed by atoms with Gasteiger partial charge in [-0.15, -0.1) is 0 Å². The first-order valence-corrected chi connectivity index (χ1v) is 7.40. The molecular weight excluding hydrogens is 278 g/mol. The Morgan fingerprint density at radius 3 is 2.86 bits per heavy atom. The van der Waals surface area contributed by atoms with E-state index in [0.29, 0.717) is 12.5 Å². The van der Waals surface area contributed by atoms with Gasteiger partial charge >= 0.3 is 6.09 Å². The number of nitrogens with zero attached hydrogens (tertiary/aromatic N) is 1. The minimum absolute atomic E-state index is 0.0135. The van der Waals surface area contributed by atoms with Crippen LogP contribution in [-0.2, 0) is 4.74 Å². The number of amides is 1. The molecule has 0 spiro atoms. The van der Waals surface area contributed by atoms with Crippen molar-refractivity contribution < 1.29 is 9.53 Å². The van der Waals surface area contributed by atoms with Crippen LogP contribution in [0.3, 0.4) is 0 Å². The van der Waals surface area contributed by atoms with Crippen molar-refractivity contribution in [2.24, 2.45) is 4.99 Å². The number of alkyl carbamates (subject to hydrolysis) is 1. The number of carbonyl (C=O) groups is 1. The van der Waals surface area contributed by atoms with E-state index >= 15 is 0 Å². The second kappa shape index (κ2) is 6.05. The van der Waals surface area contributed by atoms with Crippen LogP contribution in [0.4, 0.5) is 4.79 Å². The normalized spacial score (nSPS) is 17.2. The number of aliphatic imine (C=N–C) groups is 1. The van der Waals surface area contributed by atoms with Gasteiger partial charge in [0.25, 0.3) is 0 Å². The zero-order valence-corrected chi connectivity index (χ0v) is 12.7. The molecular formula is C17H19N3O2. The molecule has 0 saturated heterocycles. The van der Waals surface area contributed by atoms with Crippen molar-refractivity contribution >= 4 is 22.8 Å². The van der Waals surface area contributed by atoms with Crippen molar-refractivity contribution in [1.29, 1.82) is 0 Å². The van der Waals surface area contributed by atoms with Gasteiger partial charge in [-0.2, -0.15) is 0 Å². The number of hydrogen-bond donors (Lipinski definition) is 2. The summed E-state index contributed by atoms with van der Waals surface area (Å²) in [5.41, 5.74) is 1.15. The second-order valence-corrected chi connectivity index (χ2v) is 5.52. The average Bonchev–Trinajstić information content (AvgIpc) is 2.94. The van der Waals surface area contributed by atoms with Crippen LogP contribution < -0.4 is 10.6 Å². The number of fused-ring (bicyclic) bond motifs is 1. The molecule has 0 saturated carbocycles. The number of nitrogens with one attached hydrogen (secondary N) is 2. The van der Waals surface area contributed by atoms with E-state index in [4.69, 9.17) is 4.74 Å². The summed E-state index contributed by atoms with van der Waals surface area (Å²) in [4.78, 5) is 16.2. The molecule has 0 aromatic heterocycles. The third kappa shape index (κ3) is 3.03. The molecule has 1 heterocycles. The monoisotopic (exact) mass is 297 g/mol. The minimum Gasteiger partial charge on any atom is -0.447 e. The molecule has 1 unspecified atom stereocenters. The summed E-state index contributed by atoms with van der Waals surface area (Å²) in [6, 6.07) is 14.4. The first-order valence-electron chi connectivity index (χ1n) is 7.40. The summed E-state index contributed by atoms with van der Waals surface area (Å²) in [6.07, 6.45) is -0.643. The number of carbonyl (C=O) groups excluding carboxylic acids is 1. The van der Waals surface area contributed by atoms with E-state index < -0.39 is 6.09 Å². The largest absolute Gasteiger partial charge is 0.447 e. The van der Waals surface area contributed by atoms with Gasteiger partial charge in [-0.3, -0.25) is 5.32 Å². The molecule has 2 N–H and O–H groups in total. The Morgan fingerprint density at radius 1 is 1.27 bits per heavy atom. The quantitative estimate of drug-likeness (QED) is 0.895. The maximum Gasteiger partial charge on any atom is 0.414 e. The second-order valence-electron chi connectivity index (χ2n) is 5.52. The summed E-state index contributed by atoms with van der Waals surface area (Å²) >= 11 is 0. The van der Waals surface area contributed by atoms with Crippen molar-refractivity contribution in [3.05, 3.63) is 48.0 Å². The molecule has 22 heavy (non-hydrogen) atoms. The van der Waals surface area contributed by atoms with E-state index in [1.165, 1.54) is 10.8 Å². The molecule has 1 amide bonds. The predicted octanol–water partition coefficient (Wildman–Crippen LogP) is 2.97. The van der Waals surface area contributed by atoms with E-state index in [-0.39, 0.29) is 12.1 Å². The topological polar surface area (TPSA) is 62.7 Å². The molecule has 0 aliphatic carbocycles. The van der Waals surface area contributed by atoms with E-state index in [1.54, 1.807) is 0 Å². The summed E-state index contributed by atoms with van der Waals surface area (Å²) in [5.74, 6) is 0.462. The van der Waals surface area contributed by atoms with Gasteiger partial charge in [0.1, 0.15) is 0 Å². The van der Waals surface area contributed by atoms with Gasteiger partial charge in [0, 0.05) is 6.54 Å². The average molecular weight is 297 g/mol. The van der Waals surface area contributed by atoms with Crippen molar-refractivity contribution in [2.45, 2.75) is 26.0 Å². The first kappa shape index (κ1) is 14.4. The molecule has 2 aromatic carbocycles. The predicted molar refractivity (Wildman–Crippen MR) is 86.9 cm³/mol. The Labute approximate surface area is 129 Å². The lowest BCUT2D eigenvalue weighted by molar-refractivity contribution is 0.120. The summed E-state index contributed by atoms with van der Waals surface area (Å²) in [7, 11) is 0. The maximum absolute atomic E-state index is 11.6. The van der Waals surface area contributed by atoms with Crippen LogP contribution in [0.15, 0.2) is 47.5 Å². The molecule has 114 valence electrons. The fourth-order valence-electron chi connectivity index (χ4n) is 2.58. The van der Waals surface area contributed by atoms with Gasteiger partial charge in [0.2, 0.25) is 5.96 Å². The number of ether oxygens (including phenoxy) is 1. The van der Waals surface area contributed by atoms with E-state index in [9.17, 15) is 4.79 Å². The van der Waals surface area contributed by atoms with E-state index in [1.807, 2.05) is 32.0 Å². The molecule has 0 radical (unpaired) electrons. The zero-order valence-electron chi connectivity index (χ0n) is 12.7. The molecule has 1 atom stereocenters. The Morgan fingerprint density at radius 2 is 2.05 bits per heavy atom. The van der Waals surface area contributed by atoms with Crippen LogP contribution in [0.1, 0.15) is 25.5 Å². The zero-order chi connectivity index (χ0) is 15.5. The third-order valence-corrected chi connectivity index (χ3v) is 3.49. The van der Waals surface area contributed by atoms with Gasteiger partial charge < -0.3 is 10.1 Å². The van der Waals surface area contributed by atoms with E-state index in [0.717, 1.165) is 5.56 Å². The number of hydrogen-bond acceptors (Lipinski definition) is 4. The molecule has 0 fully saturated rings. The van der Waals surface area contributed by atoms with E-state index in [2.05, 4.69) is 39.9 Å². The van der Waals surface area contributed by atoms with Gasteiger partial charge in [-0.05, 0) is 30.2 Å². The van der Waals surface area contributed by atoms with Crippen molar-refractivity contribution in [2.75, 3.05) is 6.54 Å². The Kier molecular flexibility index (Phi) is 3.96. The Hall–Kier alpha value is -2.56. The van der Waals surface area contributed by atoms with Crippen molar-refractivity contribution in [3.63, 3.8) is 0 Å². The molecule has 0 bridgehead atoms. The SMILES string of the molecule is CC(C)OC(=O)NC1=NC(c2cccc3ccccc23)CN1. The molecule has 5 heteroatoms. The van der Waals surface area contributed by atoms with Gasteiger partial charge in [0.05, 0.1) is 12.1 Å². The van der Waals surface area contributed by atoms with Crippen LogP contribution >= 0.6 is 0 Å². The Bertz CT molecular complexity index is 719. The molecule has 3 rings (SSSR count).